The van der Waals surface area contributed by atoms with Gasteiger partial charge in [0.15, 0.2) is 15.6 Å². The Morgan fingerprint density at radius 3 is 2.55 bits per heavy atom. The molecular formula is C21H24N2O4S2. The Hall–Kier alpha value is -2.16. The van der Waals surface area contributed by atoms with Crippen LogP contribution in [0.25, 0.3) is 11.0 Å². The molecule has 0 bridgehead atoms. The summed E-state index contributed by atoms with van der Waals surface area (Å²) in [4.78, 5) is 18.6. The number of nitrogens with zero attached hydrogens (tertiary/aromatic N) is 2. The van der Waals surface area contributed by atoms with Gasteiger partial charge in [-0.1, -0.05) is 24.3 Å². The highest BCUT2D eigenvalue weighted by Gasteiger charge is 2.29. The van der Waals surface area contributed by atoms with Crippen LogP contribution in [0.1, 0.15) is 21.0 Å². The predicted octanol–water partition coefficient (Wildman–Crippen LogP) is 3.04. The highest BCUT2D eigenvalue weighted by molar-refractivity contribution is 7.89. The molecule has 0 N–H and O–H groups in total. The van der Waals surface area contributed by atoms with E-state index in [0.29, 0.717) is 29.6 Å². The summed E-state index contributed by atoms with van der Waals surface area (Å²) >= 11 is 1.77. The van der Waals surface area contributed by atoms with Crippen LogP contribution in [0.15, 0.2) is 46.2 Å². The Morgan fingerprint density at radius 2 is 1.86 bits per heavy atom. The fourth-order valence-electron chi connectivity index (χ4n) is 3.72. The Morgan fingerprint density at radius 1 is 1.10 bits per heavy atom. The van der Waals surface area contributed by atoms with E-state index in [1.807, 2.05) is 12.1 Å². The standard InChI is InChI=1S/C21H24N2O4S2/c1-29(25,26)15-18-17-6-2-3-7-19(17)27-20(18)21(24)23-12-10-22(11-13-23)9-8-16-5-4-14-28-16/h2-7,14H,8-13,15H2,1H3. The summed E-state index contributed by atoms with van der Waals surface area (Å²) < 4.78 is 29.7. The first-order chi connectivity index (χ1) is 13.9. The lowest BCUT2D eigenvalue weighted by Crippen LogP contribution is -2.49. The molecule has 29 heavy (non-hydrogen) atoms. The fourth-order valence-corrected chi connectivity index (χ4v) is 5.23. The number of furan rings is 1. The number of fused-ring (bicyclic) bond motifs is 1. The van der Waals surface area contributed by atoms with Crippen LogP contribution >= 0.6 is 11.3 Å². The van der Waals surface area contributed by atoms with Crippen molar-refractivity contribution < 1.29 is 17.6 Å². The van der Waals surface area contributed by atoms with E-state index in [2.05, 4.69) is 22.4 Å². The van der Waals surface area contributed by atoms with Gasteiger partial charge in [0.1, 0.15) is 5.58 Å². The van der Waals surface area contributed by atoms with Gasteiger partial charge >= 0.3 is 0 Å². The third kappa shape index (κ3) is 4.71. The molecule has 0 unspecified atom stereocenters. The second kappa shape index (κ2) is 8.30. The fraction of sp³-hybridized carbons (Fsp3) is 0.381. The number of rotatable bonds is 6. The molecule has 1 amide bonds. The SMILES string of the molecule is CS(=O)(=O)Cc1c(C(=O)N2CCN(CCc3cccs3)CC2)oc2ccccc12. The molecule has 1 aliphatic heterocycles. The number of sulfone groups is 1. The molecule has 0 radical (unpaired) electrons. The molecule has 6 nitrogen and oxygen atoms in total. The molecule has 3 aromatic rings. The molecule has 0 aliphatic carbocycles. The Labute approximate surface area is 174 Å². The number of para-hydroxylation sites is 1. The van der Waals surface area contributed by atoms with Crippen molar-refractivity contribution in [2.75, 3.05) is 39.0 Å². The summed E-state index contributed by atoms with van der Waals surface area (Å²) in [6.07, 6.45) is 2.20. The molecule has 1 aromatic carbocycles. The van der Waals surface area contributed by atoms with Gasteiger partial charge in [0, 0.05) is 54.8 Å². The van der Waals surface area contributed by atoms with Gasteiger partial charge in [0.25, 0.3) is 5.91 Å². The second-order valence-corrected chi connectivity index (χ2v) is 10.6. The summed E-state index contributed by atoms with van der Waals surface area (Å²) in [6, 6.07) is 11.4. The number of carbonyl (C=O) groups excluding carboxylic acids is 1. The lowest BCUT2D eigenvalue weighted by atomic mass is 10.1. The molecular weight excluding hydrogens is 408 g/mol. The van der Waals surface area contributed by atoms with E-state index in [0.717, 1.165) is 26.1 Å². The van der Waals surface area contributed by atoms with Crippen molar-refractivity contribution in [1.29, 1.82) is 0 Å². The number of amides is 1. The van der Waals surface area contributed by atoms with Crippen LogP contribution in [0, 0.1) is 0 Å². The second-order valence-electron chi connectivity index (χ2n) is 7.44. The van der Waals surface area contributed by atoms with Gasteiger partial charge in [-0.15, -0.1) is 11.3 Å². The third-order valence-corrected chi connectivity index (χ3v) is 6.96. The summed E-state index contributed by atoms with van der Waals surface area (Å²) in [5, 5.41) is 2.78. The highest BCUT2D eigenvalue weighted by atomic mass is 32.2. The minimum atomic E-state index is -3.30. The molecule has 154 valence electrons. The summed E-state index contributed by atoms with van der Waals surface area (Å²) in [5.41, 5.74) is 1.01. The first-order valence-electron chi connectivity index (χ1n) is 9.63. The van der Waals surface area contributed by atoms with E-state index in [1.165, 1.54) is 11.1 Å². The van der Waals surface area contributed by atoms with Gasteiger partial charge in [-0.25, -0.2) is 8.42 Å². The first-order valence-corrected chi connectivity index (χ1v) is 12.6. The Bertz CT molecular complexity index is 1100. The van der Waals surface area contributed by atoms with Crippen molar-refractivity contribution in [2.24, 2.45) is 0 Å². The molecule has 2 aromatic heterocycles. The summed E-state index contributed by atoms with van der Waals surface area (Å²) in [7, 11) is -3.30. The maximum Gasteiger partial charge on any atom is 0.290 e. The number of piperazine rings is 1. The zero-order chi connectivity index (χ0) is 20.4. The Kier molecular flexibility index (Phi) is 5.76. The van der Waals surface area contributed by atoms with Crippen LogP contribution in [0.5, 0.6) is 0 Å². The maximum atomic E-state index is 13.1. The van der Waals surface area contributed by atoms with Crippen LogP contribution in [0.4, 0.5) is 0 Å². The van der Waals surface area contributed by atoms with Gasteiger partial charge in [-0.2, -0.15) is 0 Å². The zero-order valence-electron chi connectivity index (χ0n) is 16.3. The molecule has 4 rings (SSSR count). The number of thiophene rings is 1. The average Bonchev–Trinajstić information content (AvgIpc) is 3.34. The monoisotopic (exact) mass is 432 g/mol. The highest BCUT2D eigenvalue weighted by Crippen LogP contribution is 2.29. The van der Waals surface area contributed by atoms with Crippen LogP contribution in [-0.2, 0) is 22.0 Å². The summed E-state index contributed by atoms with van der Waals surface area (Å²) in [6.45, 7) is 3.81. The van der Waals surface area contributed by atoms with Crippen LogP contribution < -0.4 is 0 Å². The number of carbonyl (C=O) groups is 1. The van der Waals surface area contributed by atoms with E-state index in [9.17, 15) is 13.2 Å². The molecule has 1 fully saturated rings. The van der Waals surface area contributed by atoms with Crippen molar-refractivity contribution in [1.82, 2.24) is 9.80 Å². The molecule has 1 saturated heterocycles. The van der Waals surface area contributed by atoms with Crippen molar-refractivity contribution in [3.05, 3.63) is 58.0 Å². The van der Waals surface area contributed by atoms with Crippen molar-refractivity contribution >= 4 is 38.1 Å². The lowest BCUT2D eigenvalue weighted by Gasteiger charge is -2.34. The van der Waals surface area contributed by atoms with Gasteiger partial charge < -0.3 is 9.32 Å². The van der Waals surface area contributed by atoms with Crippen molar-refractivity contribution in [3.8, 4) is 0 Å². The molecule has 3 heterocycles. The maximum absolute atomic E-state index is 13.1. The van der Waals surface area contributed by atoms with Crippen molar-refractivity contribution in [2.45, 2.75) is 12.2 Å². The van der Waals surface area contributed by atoms with Gasteiger partial charge in [0.2, 0.25) is 0 Å². The van der Waals surface area contributed by atoms with E-state index >= 15 is 0 Å². The minimum absolute atomic E-state index is 0.156. The third-order valence-electron chi connectivity index (χ3n) is 5.21. The molecule has 0 spiro atoms. The van der Waals surface area contributed by atoms with E-state index in [-0.39, 0.29) is 17.4 Å². The van der Waals surface area contributed by atoms with E-state index in [1.54, 1.807) is 28.4 Å². The Balaban J connectivity index is 1.47. The topological polar surface area (TPSA) is 70.8 Å². The quantitative estimate of drug-likeness (QED) is 0.599. The van der Waals surface area contributed by atoms with Crippen molar-refractivity contribution in [3.63, 3.8) is 0 Å². The predicted molar refractivity (Wildman–Crippen MR) is 115 cm³/mol. The molecule has 1 aliphatic rings. The first kappa shape index (κ1) is 20.1. The number of benzene rings is 1. The van der Waals surface area contributed by atoms with E-state index in [4.69, 9.17) is 4.42 Å². The number of hydrogen-bond donors (Lipinski definition) is 0. The van der Waals surface area contributed by atoms with Gasteiger partial charge in [-0.3, -0.25) is 9.69 Å². The van der Waals surface area contributed by atoms with Crippen LogP contribution in [0.2, 0.25) is 0 Å². The average molecular weight is 433 g/mol. The largest absolute Gasteiger partial charge is 0.451 e. The molecule has 0 atom stereocenters. The normalized spacial score (nSPS) is 15.8. The van der Waals surface area contributed by atoms with Gasteiger partial charge in [0.05, 0.1) is 5.75 Å². The molecule has 8 heteroatoms. The molecule has 0 saturated carbocycles. The minimum Gasteiger partial charge on any atom is -0.451 e. The summed E-state index contributed by atoms with van der Waals surface area (Å²) in [5.74, 6) is -0.271. The van der Waals surface area contributed by atoms with Crippen LogP contribution in [0.3, 0.4) is 0 Å². The smallest absolute Gasteiger partial charge is 0.290 e. The van der Waals surface area contributed by atoms with E-state index < -0.39 is 9.84 Å². The van der Waals surface area contributed by atoms with Crippen LogP contribution in [-0.4, -0.2) is 63.1 Å². The van der Waals surface area contributed by atoms with Gasteiger partial charge in [-0.05, 0) is 23.9 Å². The number of hydrogen-bond acceptors (Lipinski definition) is 6. The zero-order valence-corrected chi connectivity index (χ0v) is 18.0. The lowest BCUT2D eigenvalue weighted by molar-refractivity contribution is 0.0609.